The van der Waals surface area contributed by atoms with Gasteiger partial charge in [0.2, 0.25) is 5.91 Å². The summed E-state index contributed by atoms with van der Waals surface area (Å²) in [6, 6.07) is 21.6. The van der Waals surface area contributed by atoms with Crippen LogP contribution in [0.5, 0.6) is 11.5 Å². The van der Waals surface area contributed by atoms with Crippen LogP contribution in [-0.4, -0.2) is 42.5 Å². The third-order valence-electron chi connectivity index (χ3n) is 5.98. The zero-order chi connectivity index (χ0) is 23.4. The molecule has 2 amide bonds. The number of rotatable bonds is 6. The fourth-order valence-electron chi connectivity index (χ4n) is 4.07. The normalized spacial score (nSPS) is 17.5. The number of benzene rings is 3. The molecule has 1 aliphatic rings. The minimum Gasteiger partial charge on any atom is -0.496 e. The van der Waals surface area contributed by atoms with Gasteiger partial charge in [0.1, 0.15) is 23.6 Å². The summed E-state index contributed by atoms with van der Waals surface area (Å²) in [7, 11) is 1.53. The number of nitrogens with one attached hydrogen (secondary N) is 1. The molecule has 0 bridgehead atoms. The van der Waals surface area contributed by atoms with Gasteiger partial charge in [0.15, 0.2) is 0 Å². The van der Waals surface area contributed by atoms with Crippen molar-refractivity contribution in [3.63, 3.8) is 0 Å². The summed E-state index contributed by atoms with van der Waals surface area (Å²) in [6.07, 6.45) is 0.0912. The van der Waals surface area contributed by atoms with Gasteiger partial charge in [0.25, 0.3) is 5.91 Å². The molecule has 0 spiro atoms. The number of likely N-dealkylation sites (tertiary alicyclic amines) is 1. The topological polar surface area (TPSA) is 67.9 Å². The van der Waals surface area contributed by atoms with Gasteiger partial charge in [-0.1, -0.05) is 36.4 Å². The smallest absolute Gasteiger partial charge is 0.258 e. The van der Waals surface area contributed by atoms with Crippen LogP contribution in [-0.2, 0) is 4.79 Å². The number of para-hydroxylation sites is 2. The Morgan fingerprint density at radius 2 is 1.67 bits per heavy atom. The van der Waals surface area contributed by atoms with E-state index in [0.29, 0.717) is 35.7 Å². The molecule has 2 unspecified atom stereocenters. The van der Waals surface area contributed by atoms with Gasteiger partial charge in [-0.15, -0.1) is 0 Å². The van der Waals surface area contributed by atoms with E-state index in [0.717, 1.165) is 11.1 Å². The third-order valence-corrected chi connectivity index (χ3v) is 5.98. The number of methoxy groups -OCH3 is 1. The SMILES string of the molecule is COc1ccccc1C(=O)N1CC(Oc2ccccc2)CC1C(=O)Nc1ccc(C)c(C)c1. The van der Waals surface area contributed by atoms with E-state index in [9.17, 15) is 9.59 Å². The lowest BCUT2D eigenvalue weighted by molar-refractivity contribution is -0.119. The summed E-state index contributed by atoms with van der Waals surface area (Å²) in [4.78, 5) is 28.4. The summed E-state index contributed by atoms with van der Waals surface area (Å²) < 4.78 is 11.5. The van der Waals surface area contributed by atoms with Crippen LogP contribution in [0.4, 0.5) is 5.69 Å². The summed E-state index contributed by atoms with van der Waals surface area (Å²) >= 11 is 0. The third kappa shape index (κ3) is 5.00. The number of nitrogens with zero attached hydrogens (tertiary/aromatic N) is 1. The highest BCUT2D eigenvalue weighted by Gasteiger charge is 2.41. The van der Waals surface area contributed by atoms with Gasteiger partial charge in [-0.25, -0.2) is 0 Å². The van der Waals surface area contributed by atoms with Gasteiger partial charge in [-0.2, -0.15) is 0 Å². The van der Waals surface area contributed by atoms with E-state index in [4.69, 9.17) is 9.47 Å². The highest BCUT2D eigenvalue weighted by Crippen LogP contribution is 2.28. The van der Waals surface area contributed by atoms with Crippen LogP contribution in [0.15, 0.2) is 72.8 Å². The second-order valence-electron chi connectivity index (χ2n) is 8.25. The van der Waals surface area contributed by atoms with Crippen LogP contribution in [0.2, 0.25) is 0 Å². The van der Waals surface area contributed by atoms with Gasteiger partial charge < -0.3 is 19.7 Å². The van der Waals surface area contributed by atoms with Crippen LogP contribution < -0.4 is 14.8 Å². The molecule has 1 heterocycles. The van der Waals surface area contributed by atoms with Crippen molar-refractivity contribution in [2.45, 2.75) is 32.4 Å². The zero-order valence-corrected chi connectivity index (χ0v) is 19.1. The van der Waals surface area contributed by atoms with E-state index in [2.05, 4.69) is 5.32 Å². The molecular formula is C27H28N2O4. The number of hydrogen-bond acceptors (Lipinski definition) is 4. The molecule has 0 aromatic heterocycles. The predicted molar refractivity (Wildman–Crippen MR) is 128 cm³/mol. The van der Waals surface area contributed by atoms with E-state index in [1.54, 1.807) is 23.1 Å². The Morgan fingerprint density at radius 1 is 0.939 bits per heavy atom. The van der Waals surface area contributed by atoms with Crippen molar-refractivity contribution in [2.75, 3.05) is 19.0 Å². The van der Waals surface area contributed by atoms with Gasteiger partial charge in [0.05, 0.1) is 19.2 Å². The number of ether oxygens (including phenoxy) is 2. The summed E-state index contributed by atoms with van der Waals surface area (Å²) in [5.74, 6) is 0.693. The Balaban J connectivity index is 1.59. The Bertz CT molecular complexity index is 1150. The van der Waals surface area contributed by atoms with Crippen molar-refractivity contribution in [3.05, 3.63) is 89.5 Å². The molecule has 2 atom stereocenters. The second kappa shape index (κ2) is 9.77. The van der Waals surface area contributed by atoms with Gasteiger partial charge >= 0.3 is 0 Å². The Labute approximate surface area is 194 Å². The largest absolute Gasteiger partial charge is 0.496 e. The van der Waals surface area contributed by atoms with Crippen LogP contribution in [0.3, 0.4) is 0 Å². The average Bonchev–Trinajstić information content (AvgIpc) is 3.25. The molecule has 1 fully saturated rings. The molecule has 0 radical (unpaired) electrons. The second-order valence-corrected chi connectivity index (χ2v) is 8.25. The van der Waals surface area contributed by atoms with Crippen LogP contribution in [0.25, 0.3) is 0 Å². The maximum absolute atomic E-state index is 13.5. The fraction of sp³-hybridized carbons (Fsp3) is 0.259. The Kier molecular flexibility index (Phi) is 6.63. The van der Waals surface area contributed by atoms with Crippen molar-refractivity contribution in [1.29, 1.82) is 0 Å². The monoisotopic (exact) mass is 444 g/mol. The molecule has 6 nitrogen and oxygen atoms in total. The number of hydrogen-bond donors (Lipinski definition) is 1. The van der Waals surface area contributed by atoms with Crippen molar-refractivity contribution < 1.29 is 19.1 Å². The number of carbonyl (C=O) groups is 2. The number of amides is 2. The number of anilines is 1. The zero-order valence-electron chi connectivity index (χ0n) is 19.1. The average molecular weight is 445 g/mol. The van der Waals surface area contributed by atoms with Crippen molar-refractivity contribution in [2.24, 2.45) is 0 Å². The fourth-order valence-corrected chi connectivity index (χ4v) is 4.07. The van der Waals surface area contributed by atoms with Crippen LogP contribution >= 0.6 is 0 Å². The molecule has 33 heavy (non-hydrogen) atoms. The Morgan fingerprint density at radius 3 is 2.39 bits per heavy atom. The van der Waals surface area contributed by atoms with Crippen LogP contribution in [0.1, 0.15) is 27.9 Å². The molecule has 3 aromatic carbocycles. The summed E-state index contributed by atoms with van der Waals surface area (Å²) in [6.45, 7) is 4.33. The molecule has 6 heteroatoms. The predicted octanol–water partition coefficient (Wildman–Crippen LogP) is 4.61. The lowest BCUT2D eigenvalue weighted by atomic mass is 10.1. The van der Waals surface area contributed by atoms with E-state index < -0.39 is 6.04 Å². The molecule has 4 rings (SSSR count). The number of carbonyl (C=O) groups excluding carboxylic acids is 2. The molecular weight excluding hydrogens is 416 g/mol. The van der Waals surface area contributed by atoms with Crippen molar-refractivity contribution in [3.8, 4) is 11.5 Å². The van der Waals surface area contributed by atoms with Gasteiger partial charge in [-0.05, 0) is 61.4 Å². The molecule has 0 saturated carbocycles. The molecule has 0 aliphatic carbocycles. The molecule has 1 N–H and O–H groups in total. The van der Waals surface area contributed by atoms with E-state index in [-0.39, 0.29) is 17.9 Å². The van der Waals surface area contributed by atoms with Crippen molar-refractivity contribution >= 4 is 17.5 Å². The quantitative estimate of drug-likeness (QED) is 0.603. The maximum Gasteiger partial charge on any atom is 0.258 e. The molecule has 1 saturated heterocycles. The van der Waals surface area contributed by atoms with E-state index in [1.807, 2.05) is 68.4 Å². The minimum absolute atomic E-state index is 0.235. The lowest BCUT2D eigenvalue weighted by Crippen LogP contribution is -2.43. The maximum atomic E-state index is 13.5. The van der Waals surface area contributed by atoms with Gasteiger partial charge in [-0.3, -0.25) is 9.59 Å². The first-order valence-corrected chi connectivity index (χ1v) is 11.0. The van der Waals surface area contributed by atoms with Crippen molar-refractivity contribution in [1.82, 2.24) is 4.90 Å². The first kappa shape index (κ1) is 22.4. The highest BCUT2D eigenvalue weighted by atomic mass is 16.5. The molecule has 1 aliphatic heterocycles. The van der Waals surface area contributed by atoms with Crippen LogP contribution in [0, 0.1) is 13.8 Å². The highest BCUT2D eigenvalue weighted by molar-refractivity contribution is 6.03. The summed E-state index contributed by atoms with van der Waals surface area (Å²) in [5.41, 5.74) is 3.37. The lowest BCUT2D eigenvalue weighted by Gasteiger charge is -2.24. The minimum atomic E-state index is -0.669. The molecule has 170 valence electrons. The van der Waals surface area contributed by atoms with Gasteiger partial charge in [0, 0.05) is 12.1 Å². The summed E-state index contributed by atoms with van der Waals surface area (Å²) in [5, 5.41) is 2.98. The number of aryl methyl sites for hydroxylation is 2. The van der Waals surface area contributed by atoms with E-state index >= 15 is 0 Å². The van der Waals surface area contributed by atoms with E-state index in [1.165, 1.54) is 7.11 Å². The first-order chi connectivity index (χ1) is 16.0. The standard InChI is InChI=1S/C27H28N2O4/c1-18-13-14-20(15-19(18)2)28-26(30)24-16-22(33-21-9-5-4-6-10-21)17-29(24)27(31)23-11-7-8-12-25(23)32-3/h4-15,22,24H,16-17H2,1-3H3,(H,28,30). The first-order valence-electron chi connectivity index (χ1n) is 11.0. The molecule has 3 aromatic rings. The Hall–Kier alpha value is -3.80.